The maximum absolute atomic E-state index is 13.2. The average molecular weight is 266 g/mol. The van der Waals surface area contributed by atoms with Crippen LogP contribution in [0.1, 0.15) is 26.3 Å². The minimum absolute atomic E-state index is 0.00308. The van der Waals surface area contributed by atoms with E-state index in [-0.39, 0.29) is 17.1 Å². The Hall–Kier alpha value is -1.13. The van der Waals surface area contributed by atoms with Crippen LogP contribution in [0.3, 0.4) is 0 Å². The van der Waals surface area contributed by atoms with Gasteiger partial charge in [-0.25, -0.2) is 4.39 Å². The molecule has 1 fully saturated rings. The predicted molar refractivity (Wildman–Crippen MR) is 74.7 cm³/mol. The Balaban J connectivity index is 1.92. The van der Waals surface area contributed by atoms with Crippen molar-refractivity contribution in [1.29, 1.82) is 0 Å². The molecule has 4 heteroatoms. The van der Waals surface area contributed by atoms with E-state index in [0.717, 1.165) is 37.8 Å². The summed E-state index contributed by atoms with van der Waals surface area (Å²) in [5, 5.41) is 9.41. The monoisotopic (exact) mass is 266 g/mol. The van der Waals surface area contributed by atoms with Gasteiger partial charge in [-0.2, -0.15) is 0 Å². The van der Waals surface area contributed by atoms with Gasteiger partial charge in [0.25, 0.3) is 0 Å². The lowest BCUT2D eigenvalue weighted by Gasteiger charge is -2.42. The number of halogens is 1. The Morgan fingerprint density at radius 1 is 1.11 bits per heavy atom. The van der Waals surface area contributed by atoms with Crippen LogP contribution in [-0.4, -0.2) is 46.6 Å². The maximum atomic E-state index is 13.2. The van der Waals surface area contributed by atoms with Crippen molar-refractivity contribution in [2.75, 3.05) is 26.2 Å². The minimum Gasteiger partial charge on any atom is -0.508 e. The molecule has 0 amide bonds. The molecule has 0 radical (unpaired) electrons. The molecule has 1 aliphatic rings. The van der Waals surface area contributed by atoms with Crippen LogP contribution >= 0.6 is 0 Å². The second kappa shape index (κ2) is 5.47. The number of piperazine rings is 1. The Morgan fingerprint density at radius 2 is 1.74 bits per heavy atom. The second-order valence-electron chi connectivity index (χ2n) is 6.25. The molecule has 1 N–H and O–H groups in total. The highest BCUT2D eigenvalue weighted by atomic mass is 19.1. The van der Waals surface area contributed by atoms with Gasteiger partial charge in [0.15, 0.2) is 0 Å². The van der Waals surface area contributed by atoms with Crippen molar-refractivity contribution < 1.29 is 9.50 Å². The van der Waals surface area contributed by atoms with E-state index in [1.165, 1.54) is 6.07 Å². The molecule has 19 heavy (non-hydrogen) atoms. The van der Waals surface area contributed by atoms with Gasteiger partial charge in [-0.15, -0.1) is 0 Å². The van der Waals surface area contributed by atoms with E-state index in [9.17, 15) is 9.50 Å². The molecule has 0 saturated carbocycles. The highest BCUT2D eigenvalue weighted by molar-refractivity contribution is 5.28. The fourth-order valence-corrected chi connectivity index (χ4v) is 2.56. The van der Waals surface area contributed by atoms with Crippen LogP contribution in [-0.2, 0) is 6.54 Å². The first-order valence-electron chi connectivity index (χ1n) is 6.80. The van der Waals surface area contributed by atoms with Crippen LogP contribution < -0.4 is 0 Å². The molecule has 1 aliphatic heterocycles. The van der Waals surface area contributed by atoms with Crippen LogP contribution in [0.25, 0.3) is 0 Å². The fourth-order valence-electron chi connectivity index (χ4n) is 2.56. The van der Waals surface area contributed by atoms with Gasteiger partial charge < -0.3 is 5.11 Å². The molecule has 1 saturated heterocycles. The first-order valence-corrected chi connectivity index (χ1v) is 6.80. The zero-order valence-electron chi connectivity index (χ0n) is 12.0. The van der Waals surface area contributed by atoms with Gasteiger partial charge in [-0.1, -0.05) is 0 Å². The number of nitrogens with zero attached hydrogens (tertiary/aromatic N) is 2. The van der Waals surface area contributed by atoms with Gasteiger partial charge in [0.05, 0.1) is 0 Å². The molecule has 106 valence electrons. The SMILES string of the molecule is CC(C)(C)N1CCN(Cc2cc(O)cc(F)c2)CC1. The summed E-state index contributed by atoms with van der Waals surface area (Å²) in [5.41, 5.74) is 1.05. The average Bonchev–Trinajstić information content (AvgIpc) is 2.26. The molecule has 1 aromatic carbocycles. The van der Waals surface area contributed by atoms with Crippen LogP contribution in [0.15, 0.2) is 18.2 Å². The van der Waals surface area contributed by atoms with Crippen molar-refractivity contribution in [2.24, 2.45) is 0 Å². The third-order valence-corrected chi connectivity index (χ3v) is 3.67. The van der Waals surface area contributed by atoms with E-state index >= 15 is 0 Å². The predicted octanol–water partition coefficient (Wildman–Crippen LogP) is 2.45. The zero-order chi connectivity index (χ0) is 14.0. The van der Waals surface area contributed by atoms with Crippen LogP contribution in [0, 0.1) is 5.82 Å². The third-order valence-electron chi connectivity index (χ3n) is 3.67. The maximum Gasteiger partial charge on any atom is 0.127 e. The number of hydrogen-bond acceptors (Lipinski definition) is 3. The van der Waals surface area contributed by atoms with Gasteiger partial charge in [0.2, 0.25) is 0 Å². The van der Waals surface area contributed by atoms with Crippen molar-refractivity contribution in [3.05, 3.63) is 29.6 Å². The van der Waals surface area contributed by atoms with Crippen LogP contribution in [0.4, 0.5) is 4.39 Å². The summed E-state index contributed by atoms with van der Waals surface area (Å²) in [6.07, 6.45) is 0. The van der Waals surface area contributed by atoms with E-state index in [4.69, 9.17) is 0 Å². The molecule has 0 atom stereocenters. The molecule has 2 rings (SSSR count). The second-order valence-corrected chi connectivity index (χ2v) is 6.25. The third kappa shape index (κ3) is 3.91. The molecule has 0 spiro atoms. The Kier molecular flexibility index (Phi) is 4.11. The topological polar surface area (TPSA) is 26.7 Å². The van der Waals surface area contributed by atoms with Gasteiger partial charge >= 0.3 is 0 Å². The van der Waals surface area contributed by atoms with Crippen molar-refractivity contribution >= 4 is 0 Å². The zero-order valence-corrected chi connectivity index (χ0v) is 12.0. The van der Waals surface area contributed by atoms with E-state index in [0.29, 0.717) is 6.54 Å². The van der Waals surface area contributed by atoms with Crippen LogP contribution in [0.2, 0.25) is 0 Å². The molecule has 0 aromatic heterocycles. The molecule has 0 bridgehead atoms. The van der Waals surface area contributed by atoms with Gasteiger partial charge in [0, 0.05) is 44.3 Å². The molecule has 3 nitrogen and oxygen atoms in total. The summed E-state index contributed by atoms with van der Waals surface area (Å²) in [4.78, 5) is 4.77. The van der Waals surface area contributed by atoms with Gasteiger partial charge in [-0.3, -0.25) is 9.80 Å². The summed E-state index contributed by atoms with van der Waals surface area (Å²) < 4.78 is 13.2. The highest BCUT2D eigenvalue weighted by Gasteiger charge is 2.25. The van der Waals surface area contributed by atoms with Crippen molar-refractivity contribution in [1.82, 2.24) is 9.80 Å². The highest BCUT2D eigenvalue weighted by Crippen LogP contribution is 2.19. The van der Waals surface area contributed by atoms with Gasteiger partial charge in [-0.05, 0) is 38.5 Å². The summed E-state index contributed by atoms with van der Waals surface area (Å²) in [6, 6.07) is 4.27. The molecular formula is C15H23FN2O. The van der Waals surface area contributed by atoms with Gasteiger partial charge in [0.1, 0.15) is 11.6 Å². The Morgan fingerprint density at radius 3 is 2.26 bits per heavy atom. The van der Waals surface area contributed by atoms with Crippen LogP contribution in [0.5, 0.6) is 5.75 Å². The van der Waals surface area contributed by atoms with Crippen molar-refractivity contribution in [3.8, 4) is 5.75 Å². The lowest BCUT2D eigenvalue weighted by Crippen LogP contribution is -2.53. The van der Waals surface area contributed by atoms with E-state index in [2.05, 4.69) is 30.6 Å². The number of phenols is 1. The summed E-state index contributed by atoms with van der Waals surface area (Å²) in [5.74, 6) is -0.369. The first-order chi connectivity index (χ1) is 8.84. The quantitative estimate of drug-likeness (QED) is 0.890. The standard InChI is InChI=1S/C15H23FN2O/c1-15(2,3)18-6-4-17(5-7-18)11-12-8-13(16)10-14(19)9-12/h8-10,19H,4-7,11H2,1-3H3. The minimum atomic E-state index is -0.372. The number of aromatic hydroxyl groups is 1. The largest absolute Gasteiger partial charge is 0.508 e. The molecule has 1 heterocycles. The normalized spacial score (nSPS) is 18.7. The van der Waals surface area contributed by atoms with Crippen molar-refractivity contribution in [2.45, 2.75) is 32.9 Å². The molecule has 0 aliphatic carbocycles. The lowest BCUT2D eigenvalue weighted by atomic mass is 10.0. The number of hydrogen-bond donors (Lipinski definition) is 1. The van der Waals surface area contributed by atoms with E-state index in [1.54, 1.807) is 6.07 Å². The van der Waals surface area contributed by atoms with Crippen molar-refractivity contribution in [3.63, 3.8) is 0 Å². The molecule has 1 aromatic rings. The van der Waals surface area contributed by atoms with E-state index < -0.39 is 0 Å². The summed E-state index contributed by atoms with van der Waals surface area (Å²) >= 11 is 0. The van der Waals surface area contributed by atoms with E-state index in [1.807, 2.05) is 0 Å². The Bertz CT molecular complexity index is 414. The molecule has 0 unspecified atom stereocenters. The lowest BCUT2D eigenvalue weighted by molar-refractivity contribution is 0.0590. The number of phenolic OH excluding ortho intramolecular Hbond substituents is 1. The summed E-state index contributed by atoms with van der Waals surface area (Å²) in [7, 11) is 0. The number of benzene rings is 1. The molecular weight excluding hydrogens is 243 g/mol. The summed E-state index contributed by atoms with van der Waals surface area (Å²) in [6.45, 7) is 11.4. The Labute approximate surface area is 114 Å². The smallest absolute Gasteiger partial charge is 0.127 e. The number of rotatable bonds is 2. The first kappa shape index (κ1) is 14.3. The fraction of sp³-hybridized carbons (Fsp3) is 0.600.